The Bertz CT molecular complexity index is 1290. The number of aromatic nitrogens is 4. The Balaban J connectivity index is 1.56. The molecule has 0 aliphatic heterocycles. The quantitative estimate of drug-likeness (QED) is 0.268. The molecule has 7 nitrogen and oxygen atoms in total. The van der Waals surface area contributed by atoms with E-state index in [0.717, 1.165) is 15.5 Å². The third-order valence-corrected chi connectivity index (χ3v) is 7.47. The van der Waals surface area contributed by atoms with E-state index in [1.165, 1.54) is 11.3 Å². The van der Waals surface area contributed by atoms with Gasteiger partial charge in [0.1, 0.15) is 5.60 Å². The van der Waals surface area contributed by atoms with Crippen LogP contribution in [0.25, 0.3) is 4.96 Å². The highest BCUT2D eigenvalue weighted by molar-refractivity contribution is 8.00. The van der Waals surface area contributed by atoms with Crippen LogP contribution in [0, 0.1) is 0 Å². The summed E-state index contributed by atoms with van der Waals surface area (Å²) in [5.74, 6) is 1.22. The minimum Gasteiger partial charge on any atom is -0.444 e. The molecule has 34 heavy (non-hydrogen) atoms. The smallest absolute Gasteiger partial charge is 0.408 e. The van der Waals surface area contributed by atoms with Crippen LogP contribution in [0.4, 0.5) is 4.79 Å². The highest BCUT2D eigenvalue weighted by Crippen LogP contribution is 2.31. The number of thioether (sulfide) groups is 1. The molecule has 0 fully saturated rings. The van der Waals surface area contributed by atoms with Crippen LogP contribution in [-0.2, 0) is 16.9 Å². The zero-order valence-corrected chi connectivity index (χ0v) is 21.9. The predicted octanol–water partition coefficient (Wildman–Crippen LogP) is 6.59. The Labute approximate surface area is 215 Å². The predicted molar refractivity (Wildman–Crippen MR) is 137 cm³/mol. The van der Waals surface area contributed by atoms with Gasteiger partial charge in [-0.3, -0.25) is 0 Å². The molecule has 1 amide bonds. The number of fused-ring (bicyclic) bond motifs is 1. The summed E-state index contributed by atoms with van der Waals surface area (Å²) >= 11 is 15.1. The van der Waals surface area contributed by atoms with Crippen molar-refractivity contribution in [1.29, 1.82) is 0 Å². The summed E-state index contributed by atoms with van der Waals surface area (Å²) in [5.41, 5.74) is 1.47. The standard InChI is InChI=1S/C23H23Cl2N5O2S2/c1-23(2,3)32-21(31)26-18(12-14-7-5-4-6-8-14)19-27-28-20-30(19)29-22(34-20)33-13-15-9-10-16(24)17(25)11-15/h4-11,18H,12-13H2,1-3H3,(H,26,31). The molecule has 1 atom stereocenters. The number of hydrogen-bond acceptors (Lipinski definition) is 7. The molecule has 11 heteroatoms. The molecule has 0 radical (unpaired) electrons. The van der Waals surface area contributed by atoms with Crippen molar-refractivity contribution in [3.8, 4) is 0 Å². The van der Waals surface area contributed by atoms with Gasteiger partial charge in [-0.15, -0.1) is 15.3 Å². The van der Waals surface area contributed by atoms with E-state index in [9.17, 15) is 4.79 Å². The van der Waals surface area contributed by atoms with Crippen LogP contribution in [-0.4, -0.2) is 31.5 Å². The summed E-state index contributed by atoms with van der Waals surface area (Å²) < 4.78 is 7.99. The SMILES string of the molecule is CC(C)(C)OC(=O)NC(Cc1ccccc1)c1nnc2sc(SCc3ccc(Cl)c(Cl)c3)nn12. The lowest BCUT2D eigenvalue weighted by atomic mass is 10.1. The third-order valence-electron chi connectivity index (χ3n) is 4.63. The maximum atomic E-state index is 12.6. The highest BCUT2D eigenvalue weighted by Gasteiger charge is 2.26. The van der Waals surface area contributed by atoms with E-state index in [-0.39, 0.29) is 0 Å². The van der Waals surface area contributed by atoms with Gasteiger partial charge in [0.25, 0.3) is 0 Å². The molecule has 0 aliphatic rings. The number of rotatable bonds is 7. The van der Waals surface area contributed by atoms with Gasteiger partial charge in [0.2, 0.25) is 4.96 Å². The molecule has 1 unspecified atom stereocenters. The summed E-state index contributed by atoms with van der Waals surface area (Å²) in [4.78, 5) is 13.2. The van der Waals surface area contributed by atoms with Crippen molar-refractivity contribution in [2.45, 2.75) is 48.9 Å². The number of benzene rings is 2. The van der Waals surface area contributed by atoms with Gasteiger partial charge < -0.3 is 10.1 Å². The first kappa shape index (κ1) is 24.8. The number of nitrogens with zero attached hydrogens (tertiary/aromatic N) is 4. The van der Waals surface area contributed by atoms with Crippen LogP contribution in [0.1, 0.15) is 43.8 Å². The van der Waals surface area contributed by atoms with Crippen molar-refractivity contribution in [3.05, 3.63) is 75.5 Å². The van der Waals surface area contributed by atoms with Gasteiger partial charge in [-0.05, 0) is 44.0 Å². The maximum Gasteiger partial charge on any atom is 0.408 e. The fourth-order valence-electron chi connectivity index (χ4n) is 3.17. The first-order chi connectivity index (χ1) is 16.2. The van der Waals surface area contributed by atoms with Gasteiger partial charge in [-0.25, -0.2) is 4.79 Å². The number of carbonyl (C=O) groups excluding carboxylic acids is 1. The second-order valence-corrected chi connectivity index (χ2v) is 11.5. The molecule has 0 aliphatic carbocycles. The second-order valence-electron chi connectivity index (χ2n) is 8.55. The fourth-order valence-corrected chi connectivity index (χ4v) is 5.32. The van der Waals surface area contributed by atoms with Crippen LogP contribution in [0.2, 0.25) is 10.0 Å². The normalized spacial score (nSPS) is 12.6. The number of nitrogens with one attached hydrogen (secondary N) is 1. The summed E-state index contributed by atoms with van der Waals surface area (Å²) in [5, 5.41) is 17.3. The number of alkyl carbamates (subject to hydrolysis) is 1. The Kier molecular flexibility index (Phi) is 7.67. The zero-order chi connectivity index (χ0) is 24.3. The van der Waals surface area contributed by atoms with Crippen molar-refractivity contribution in [2.24, 2.45) is 0 Å². The van der Waals surface area contributed by atoms with Gasteiger partial charge in [0, 0.05) is 12.2 Å². The number of hydrogen-bond donors (Lipinski definition) is 1. The van der Waals surface area contributed by atoms with Crippen molar-refractivity contribution >= 4 is 57.4 Å². The number of ether oxygens (including phenoxy) is 1. The van der Waals surface area contributed by atoms with Crippen LogP contribution in [0.3, 0.4) is 0 Å². The van der Waals surface area contributed by atoms with Crippen molar-refractivity contribution in [1.82, 2.24) is 25.1 Å². The summed E-state index contributed by atoms with van der Waals surface area (Å²) in [6, 6.07) is 15.0. The topological polar surface area (TPSA) is 81.4 Å². The monoisotopic (exact) mass is 535 g/mol. The lowest BCUT2D eigenvalue weighted by molar-refractivity contribution is 0.0500. The Hall–Kier alpha value is -2.33. The molecular formula is C23H23Cl2N5O2S2. The van der Waals surface area contributed by atoms with E-state index >= 15 is 0 Å². The van der Waals surface area contributed by atoms with Crippen LogP contribution in [0.5, 0.6) is 0 Å². The Morgan fingerprint density at radius 3 is 2.59 bits per heavy atom. The molecule has 2 heterocycles. The van der Waals surface area contributed by atoms with E-state index < -0.39 is 17.7 Å². The molecule has 0 bridgehead atoms. The minimum absolute atomic E-state index is 0.470. The third kappa shape index (κ3) is 6.41. The van der Waals surface area contributed by atoms with E-state index in [2.05, 4.69) is 15.5 Å². The minimum atomic E-state index is -0.615. The fraction of sp³-hybridized carbons (Fsp3) is 0.304. The maximum absolute atomic E-state index is 12.6. The molecule has 2 aromatic heterocycles. The highest BCUT2D eigenvalue weighted by atomic mass is 35.5. The van der Waals surface area contributed by atoms with Crippen molar-refractivity contribution < 1.29 is 9.53 Å². The van der Waals surface area contributed by atoms with E-state index in [1.54, 1.807) is 22.3 Å². The first-order valence-corrected chi connectivity index (χ1v) is 13.1. The lowest BCUT2D eigenvalue weighted by Crippen LogP contribution is -2.36. The van der Waals surface area contributed by atoms with Gasteiger partial charge in [0.05, 0.1) is 16.1 Å². The summed E-state index contributed by atoms with van der Waals surface area (Å²) in [7, 11) is 0. The largest absolute Gasteiger partial charge is 0.444 e. The average Bonchev–Trinajstić information content (AvgIpc) is 3.34. The number of carbonyl (C=O) groups is 1. The zero-order valence-electron chi connectivity index (χ0n) is 18.8. The van der Waals surface area contributed by atoms with E-state index in [4.69, 9.17) is 33.0 Å². The van der Waals surface area contributed by atoms with Gasteiger partial charge in [-0.1, -0.05) is 82.7 Å². The van der Waals surface area contributed by atoms with Crippen LogP contribution in [0.15, 0.2) is 52.9 Å². The van der Waals surface area contributed by atoms with Crippen molar-refractivity contribution in [2.75, 3.05) is 0 Å². The molecule has 4 aromatic rings. The van der Waals surface area contributed by atoms with Gasteiger partial charge in [0.15, 0.2) is 10.2 Å². The lowest BCUT2D eigenvalue weighted by Gasteiger charge is -2.22. The molecule has 178 valence electrons. The number of amides is 1. The molecule has 0 saturated heterocycles. The first-order valence-electron chi connectivity index (χ1n) is 10.5. The van der Waals surface area contributed by atoms with E-state index in [0.29, 0.717) is 33.0 Å². The number of halogens is 2. The summed E-state index contributed by atoms with van der Waals surface area (Å²) in [6.07, 6.45) is -0.000856. The van der Waals surface area contributed by atoms with Gasteiger partial charge >= 0.3 is 6.09 Å². The molecule has 1 N–H and O–H groups in total. The Morgan fingerprint density at radius 2 is 1.88 bits per heavy atom. The Morgan fingerprint density at radius 1 is 1.12 bits per heavy atom. The van der Waals surface area contributed by atoms with Crippen molar-refractivity contribution in [3.63, 3.8) is 0 Å². The molecule has 0 saturated carbocycles. The van der Waals surface area contributed by atoms with Gasteiger partial charge in [-0.2, -0.15) is 4.52 Å². The molecule has 2 aromatic carbocycles. The van der Waals surface area contributed by atoms with E-state index in [1.807, 2.05) is 63.2 Å². The summed E-state index contributed by atoms with van der Waals surface area (Å²) in [6.45, 7) is 5.48. The molecular weight excluding hydrogens is 513 g/mol. The average molecular weight is 537 g/mol. The molecule has 4 rings (SSSR count). The van der Waals surface area contributed by atoms with Crippen LogP contribution < -0.4 is 5.32 Å². The molecule has 0 spiro atoms. The second kappa shape index (κ2) is 10.5. The van der Waals surface area contributed by atoms with Crippen LogP contribution >= 0.6 is 46.3 Å².